The van der Waals surface area contributed by atoms with Gasteiger partial charge >= 0.3 is 5.97 Å². The van der Waals surface area contributed by atoms with E-state index in [1.807, 2.05) is 62.7 Å². The Morgan fingerprint density at radius 2 is 1.83 bits per heavy atom. The molecule has 0 fully saturated rings. The van der Waals surface area contributed by atoms with E-state index in [4.69, 9.17) is 4.74 Å². The summed E-state index contributed by atoms with van der Waals surface area (Å²) < 4.78 is 37.3. The Morgan fingerprint density at radius 3 is 2.51 bits per heavy atom. The minimum Gasteiger partial charge on any atom is -0.488 e. The number of aliphatic carboxylic acids is 1. The number of benzene rings is 3. The number of aromatic nitrogens is 3. The number of amides is 1. The van der Waals surface area contributed by atoms with Crippen LogP contribution in [0.2, 0.25) is 0 Å². The van der Waals surface area contributed by atoms with E-state index in [0.717, 1.165) is 38.9 Å². The quantitative estimate of drug-likeness (QED) is 0.237. The third-order valence-corrected chi connectivity index (χ3v) is 11.1. The number of nitrogens with one attached hydrogen (secondary N) is 1. The summed E-state index contributed by atoms with van der Waals surface area (Å²) in [6.07, 6.45) is 0.304. The minimum absolute atomic E-state index is 0.106. The van der Waals surface area contributed by atoms with E-state index >= 15 is 0 Å². The zero-order chi connectivity index (χ0) is 34.3. The molecule has 2 unspecified atom stereocenters. The average molecular weight is 662 g/mol. The van der Waals surface area contributed by atoms with Crippen LogP contribution in [0.3, 0.4) is 0 Å². The van der Waals surface area contributed by atoms with Gasteiger partial charge in [-0.15, -0.1) is 5.10 Å². The van der Waals surface area contributed by atoms with Gasteiger partial charge in [0, 0.05) is 19.0 Å². The molecule has 2 heterocycles. The SMILES string of the molecule is CC[C@@H]1CN(Cc2cc(C(c3ccc4c(nnn4CC)c3C)C(C)(C)C(=O)NC(C)C(=O)O)ccc2C)S(=O)(=O)c2ccccc2O1. The van der Waals surface area contributed by atoms with Crippen molar-refractivity contribution in [3.05, 3.63) is 82.4 Å². The number of aryl methyl sites for hydroxylation is 3. The number of carbonyl (C=O) groups is 2. The lowest BCUT2D eigenvalue weighted by atomic mass is 9.69. The third kappa shape index (κ3) is 6.36. The van der Waals surface area contributed by atoms with Crippen molar-refractivity contribution < 1.29 is 27.9 Å². The predicted octanol–water partition coefficient (Wildman–Crippen LogP) is 5.18. The Hall–Kier alpha value is -4.29. The number of para-hydroxylation sites is 1. The van der Waals surface area contributed by atoms with Crippen molar-refractivity contribution in [1.29, 1.82) is 0 Å². The first-order valence-corrected chi connectivity index (χ1v) is 17.4. The second kappa shape index (κ2) is 13.1. The third-order valence-electron chi connectivity index (χ3n) is 9.29. The summed E-state index contributed by atoms with van der Waals surface area (Å²) in [6, 6.07) is 15.4. The first kappa shape index (κ1) is 34.1. The molecule has 1 aliphatic rings. The normalized spacial score (nSPS) is 17.7. The molecule has 3 aromatic carbocycles. The van der Waals surface area contributed by atoms with Gasteiger partial charge in [-0.3, -0.25) is 9.59 Å². The van der Waals surface area contributed by atoms with Crippen LogP contribution in [-0.4, -0.2) is 63.4 Å². The summed E-state index contributed by atoms with van der Waals surface area (Å²) in [6.45, 7) is 13.8. The number of sulfonamides is 1. The summed E-state index contributed by atoms with van der Waals surface area (Å²) in [5, 5.41) is 20.9. The Morgan fingerprint density at radius 1 is 1.11 bits per heavy atom. The lowest BCUT2D eigenvalue weighted by Crippen LogP contribution is -2.47. The van der Waals surface area contributed by atoms with Gasteiger partial charge in [-0.05, 0) is 80.1 Å². The van der Waals surface area contributed by atoms with Crippen LogP contribution in [0.4, 0.5) is 0 Å². The lowest BCUT2D eigenvalue weighted by Gasteiger charge is -2.36. The fourth-order valence-corrected chi connectivity index (χ4v) is 7.90. The topological polar surface area (TPSA) is 144 Å². The minimum atomic E-state index is -3.89. The van der Waals surface area contributed by atoms with E-state index in [2.05, 4.69) is 15.6 Å². The van der Waals surface area contributed by atoms with Gasteiger partial charge in [0.1, 0.15) is 28.3 Å². The van der Waals surface area contributed by atoms with Crippen LogP contribution < -0.4 is 10.1 Å². The summed E-state index contributed by atoms with van der Waals surface area (Å²) in [4.78, 5) is 25.7. The Balaban J connectivity index is 1.63. The first-order valence-electron chi connectivity index (χ1n) is 15.9. The highest BCUT2D eigenvalue weighted by atomic mass is 32.2. The molecule has 4 aromatic rings. The number of hydrogen-bond acceptors (Lipinski definition) is 7. The number of carboxylic acids is 1. The van der Waals surface area contributed by atoms with Gasteiger partial charge in [-0.1, -0.05) is 62.4 Å². The fraction of sp³-hybridized carbons (Fsp3) is 0.429. The summed E-state index contributed by atoms with van der Waals surface area (Å²) in [5.74, 6) is -1.76. The molecule has 3 atom stereocenters. The summed E-state index contributed by atoms with van der Waals surface area (Å²) in [7, 11) is -3.89. The van der Waals surface area contributed by atoms with Crippen LogP contribution >= 0.6 is 0 Å². The summed E-state index contributed by atoms with van der Waals surface area (Å²) in [5.41, 5.74) is 4.63. The molecular formula is C35H43N5O6S. The highest BCUT2D eigenvalue weighted by Gasteiger charge is 2.41. The molecule has 1 amide bonds. The largest absolute Gasteiger partial charge is 0.488 e. The monoisotopic (exact) mass is 661 g/mol. The molecule has 0 aliphatic carbocycles. The van der Waals surface area contributed by atoms with Crippen molar-refractivity contribution in [2.75, 3.05) is 6.54 Å². The van der Waals surface area contributed by atoms with Gasteiger partial charge in [0.25, 0.3) is 0 Å². The van der Waals surface area contributed by atoms with Gasteiger partial charge in [0.15, 0.2) is 0 Å². The average Bonchev–Trinajstić information content (AvgIpc) is 3.42. The molecule has 0 spiro atoms. The molecule has 1 aliphatic heterocycles. The smallest absolute Gasteiger partial charge is 0.325 e. The molecule has 12 heteroatoms. The van der Waals surface area contributed by atoms with E-state index in [9.17, 15) is 23.1 Å². The lowest BCUT2D eigenvalue weighted by molar-refractivity contribution is -0.143. The predicted molar refractivity (Wildman–Crippen MR) is 179 cm³/mol. The first-order chi connectivity index (χ1) is 22.2. The number of rotatable bonds is 10. The number of hydrogen-bond donors (Lipinski definition) is 2. The van der Waals surface area contributed by atoms with Crippen LogP contribution in [0.5, 0.6) is 5.75 Å². The molecule has 0 saturated carbocycles. The maximum absolute atomic E-state index is 14.0. The molecule has 0 radical (unpaired) electrons. The molecule has 0 saturated heterocycles. The van der Waals surface area contributed by atoms with Crippen LogP contribution in [0.1, 0.15) is 74.8 Å². The second-order valence-corrected chi connectivity index (χ2v) is 14.7. The molecule has 250 valence electrons. The number of fused-ring (bicyclic) bond motifs is 2. The maximum Gasteiger partial charge on any atom is 0.325 e. The zero-order valence-electron chi connectivity index (χ0n) is 27.9. The van der Waals surface area contributed by atoms with Crippen LogP contribution in [0.15, 0.2) is 59.5 Å². The Labute approximate surface area is 276 Å². The van der Waals surface area contributed by atoms with Crippen molar-refractivity contribution in [3.8, 4) is 5.75 Å². The van der Waals surface area contributed by atoms with Gasteiger partial charge in [-0.25, -0.2) is 13.1 Å². The van der Waals surface area contributed by atoms with E-state index in [1.165, 1.54) is 11.2 Å². The summed E-state index contributed by atoms with van der Waals surface area (Å²) >= 11 is 0. The van der Waals surface area contributed by atoms with Crippen molar-refractivity contribution in [1.82, 2.24) is 24.6 Å². The second-order valence-electron chi connectivity index (χ2n) is 12.8. The molecule has 0 bridgehead atoms. The Bertz CT molecular complexity index is 1940. The van der Waals surface area contributed by atoms with E-state index in [-0.39, 0.29) is 24.1 Å². The molecule has 1 aromatic heterocycles. The standard InChI is InChI=1S/C35H43N5O6S/c1-8-26-20-39(47(44,45)30-13-11-10-12-29(30)46-26)19-25-18-24(15-14-21(25)3)31(35(6,7)34(43)36-23(5)33(41)42)27-16-17-28-32(22(27)4)37-38-40(28)9-2/h10-18,23,26,31H,8-9,19-20H2,1-7H3,(H,36,43)(H,41,42)/t23?,26-,31?/m1/s1. The van der Waals surface area contributed by atoms with E-state index in [1.54, 1.807) is 38.1 Å². The molecular weight excluding hydrogens is 618 g/mol. The van der Waals surface area contributed by atoms with E-state index < -0.39 is 39.3 Å². The van der Waals surface area contributed by atoms with Gasteiger partial charge in [0.2, 0.25) is 15.9 Å². The number of nitrogens with zero attached hydrogens (tertiary/aromatic N) is 4. The van der Waals surface area contributed by atoms with Gasteiger partial charge < -0.3 is 15.2 Å². The zero-order valence-corrected chi connectivity index (χ0v) is 28.8. The molecule has 47 heavy (non-hydrogen) atoms. The van der Waals surface area contributed by atoms with Crippen LogP contribution in [-0.2, 0) is 32.7 Å². The molecule has 11 nitrogen and oxygen atoms in total. The fourth-order valence-electron chi connectivity index (χ4n) is 6.32. The van der Waals surface area contributed by atoms with E-state index in [0.29, 0.717) is 18.7 Å². The van der Waals surface area contributed by atoms with Gasteiger partial charge in [-0.2, -0.15) is 4.31 Å². The molecule has 2 N–H and O–H groups in total. The highest BCUT2D eigenvalue weighted by Crippen LogP contribution is 2.44. The molecule has 5 rings (SSSR count). The number of carboxylic acid groups (broad SMARTS) is 1. The van der Waals surface area contributed by atoms with Crippen LogP contribution in [0.25, 0.3) is 11.0 Å². The van der Waals surface area contributed by atoms with Crippen molar-refractivity contribution in [2.24, 2.45) is 5.41 Å². The Kier molecular flexibility index (Phi) is 9.47. The van der Waals surface area contributed by atoms with Gasteiger partial charge in [0.05, 0.1) is 17.5 Å². The van der Waals surface area contributed by atoms with Crippen molar-refractivity contribution in [2.45, 2.75) is 90.9 Å². The van der Waals surface area contributed by atoms with Crippen LogP contribution in [0, 0.1) is 19.3 Å². The number of carbonyl (C=O) groups excluding carboxylic acids is 1. The van der Waals surface area contributed by atoms with Crippen molar-refractivity contribution >= 4 is 32.9 Å². The van der Waals surface area contributed by atoms with Crippen molar-refractivity contribution in [3.63, 3.8) is 0 Å². The highest BCUT2D eigenvalue weighted by molar-refractivity contribution is 7.89. The maximum atomic E-state index is 14.0. The number of ether oxygens (including phenoxy) is 1.